The maximum atomic E-state index is 8.85. The zero-order chi connectivity index (χ0) is 8.97. The molecule has 2 heteroatoms. The minimum atomic E-state index is 0.0946. The predicted octanol–water partition coefficient (Wildman–Crippen LogP) is 2.62. The molecule has 0 heterocycles. The van der Waals surface area contributed by atoms with Gasteiger partial charge in [0.2, 0.25) is 6.04 Å². The second-order valence-electron chi connectivity index (χ2n) is 3.58. The average molecular weight is 162 g/mol. The minimum absolute atomic E-state index is 0.0946. The Labute approximate surface area is 74.0 Å². The average Bonchev–Trinajstić information content (AvgIpc) is 2.27. The van der Waals surface area contributed by atoms with Crippen LogP contribution in [-0.4, -0.2) is 6.04 Å². The summed E-state index contributed by atoms with van der Waals surface area (Å²) in [6, 6.07) is 2.41. The molecule has 1 rings (SSSR count). The van der Waals surface area contributed by atoms with Gasteiger partial charge in [-0.2, -0.15) is 5.26 Å². The Kier molecular flexibility index (Phi) is 3.11. The standard InChI is InChI=1S/C10H14N2/c1-8-9(7-11)5-3-4-6-10(8)12-2/h8-10H,3-6H2,1H3. The van der Waals surface area contributed by atoms with E-state index in [4.69, 9.17) is 11.8 Å². The van der Waals surface area contributed by atoms with Gasteiger partial charge in [0.15, 0.2) is 0 Å². The highest BCUT2D eigenvalue weighted by atomic mass is 14.7. The van der Waals surface area contributed by atoms with E-state index in [2.05, 4.69) is 10.9 Å². The normalized spacial score (nSPS) is 36.1. The Morgan fingerprint density at radius 1 is 1.42 bits per heavy atom. The Hall–Kier alpha value is -1.02. The van der Waals surface area contributed by atoms with Gasteiger partial charge in [0.25, 0.3) is 0 Å². The van der Waals surface area contributed by atoms with Gasteiger partial charge in [0, 0.05) is 12.3 Å². The smallest absolute Gasteiger partial charge is 0.227 e. The molecular weight excluding hydrogens is 148 g/mol. The fourth-order valence-electron chi connectivity index (χ4n) is 1.88. The first-order valence-electron chi connectivity index (χ1n) is 4.55. The number of nitriles is 1. The molecule has 0 bridgehead atoms. The van der Waals surface area contributed by atoms with Gasteiger partial charge in [0.05, 0.1) is 12.0 Å². The van der Waals surface area contributed by atoms with E-state index in [1.807, 2.05) is 6.92 Å². The Morgan fingerprint density at radius 3 is 2.67 bits per heavy atom. The zero-order valence-electron chi connectivity index (χ0n) is 7.45. The topological polar surface area (TPSA) is 28.1 Å². The van der Waals surface area contributed by atoms with Crippen molar-refractivity contribution in [3.63, 3.8) is 0 Å². The second-order valence-corrected chi connectivity index (χ2v) is 3.58. The first-order chi connectivity index (χ1) is 5.79. The van der Waals surface area contributed by atoms with Crippen LogP contribution in [0.1, 0.15) is 32.6 Å². The van der Waals surface area contributed by atoms with Gasteiger partial charge in [-0.25, -0.2) is 6.57 Å². The summed E-state index contributed by atoms with van der Waals surface area (Å²) >= 11 is 0. The highest BCUT2D eigenvalue weighted by Crippen LogP contribution is 2.30. The molecule has 2 nitrogen and oxygen atoms in total. The van der Waals surface area contributed by atoms with E-state index >= 15 is 0 Å². The van der Waals surface area contributed by atoms with Crippen LogP contribution in [0.3, 0.4) is 0 Å². The van der Waals surface area contributed by atoms with Crippen molar-refractivity contribution < 1.29 is 0 Å². The van der Waals surface area contributed by atoms with Crippen LogP contribution < -0.4 is 0 Å². The molecule has 1 saturated carbocycles. The van der Waals surface area contributed by atoms with Gasteiger partial charge in [-0.1, -0.05) is 13.3 Å². The van der Waals surface area contributed by atoms with Crippen molar-refractivity contribution in [2.75, 3.05) is 0 Å². The fourth-order valence-corrected chi connectivity index (χ4v) is 1.88. The maximum absolute atomic E-state index is 8.85. The molecule has 12 heavy (non-hydrogen) atoms. The first kappa shape index (κ1) is 9.07. The molecule has 0 amide bonds. The summed E-state index contributed by atoms with van der Waals surface area (Å²) in [4.78, 5) is 3.59. The highest BCUT2D eigenvalue weighted by Gasteiger charge is 2.31. The Morgan fingerprint density at radius 2 is 2.08 bits per heavy atom. The molecule has 0 radical (unpaired) electrons. The van der Waals surface area contributed by atoms with Gasteiger partial charge >= 0.3 is 0 Å². The van der Waals surface area contributed by atoms with Crippen LogP contribution in [0.2, 0.25) is 0 Å². The quantitative estimate of drug-likeness (QED) is 0.397. The lowest BCUT2D eigenvalue weighted by atomic mass is 9.88. The number of nitrogens with zero attached hydrogens (tertiary/aromatic N) is 2. The van der Waals surface area contributed by atoms with Gasteiger partial charge in [0.1, 0.15) is 0 Å². The van der Waals surface area contributed by atoms with Crippen LogP contribution in [-0.2, 0) is 0 Å². The third kappa shape index (κ3) is 1.77. The number of hydrogen-bond acceptors (Lipinski definition) is 1. The first-order valence-corrected chi connectivity index (χ1v) is 4.55. The summed E-state index contributed by atoms with van der Waals surface area (Å²) in [5.74, 6) is 0.390. The van der Waals surface area contributed by atoms with E-state index in [0.29, 0.717) is 0 Å². The monoisotopic (exact) mass is 162 g/mol. The van der Waals surface area contributed by atoms with Crippen molar-refractivity contribution in [2.45, 2.75) is 38.6 Å². The van der Waals surface area contributed by atoms with E-state index in [-0.39, 0.29) is 17.9 Å². The highest BCUT2D eigenvalue weighted by molar-refractivity contribution is 4.97. The number of hydrogen-bond donors (Lipinski definition) is 0. The zero-order valence-corrected chi connectivity index (χ0v) is 7.45. The van der Waals surface area contributed by atoms with E-state index < -0.39 is 0 Å². The van der Waals surface area contributed by atoms with Crippen molar-refractivity contribution in [3.05, 3.63) is 11.4 Å². The van der Waals surface area contributed by atoms with Crippen LogP contribution in [0.4, 0.5) is 0 Å². The van der Waals surface area contributed by atoms with Gasteiger partial charge in [-0.3, -0.25) is 0 Å². The molecule has 1 aliphatic rings. The fraction of sp³-hybridized carbons (Fsp3) is 0.800. The van der Waals surface area contributed by atoms with E-state index in [9.17, 15) is 0 Å². The molecule has 1 fully saturated rings. The molecule has 0 aromatic heterocycles. The van der Waals surface area contributed by atoms with Gasteiger partial charge in [-0.05, 0) is 12.8 Å². The van der Waals surface area contributed by atoms with Crippen molar-refractivity contribution in [1.82, 2.24) is 0 Å². The predicted molar refractivity (Wildman–Crippen MR) is 47.1 cm³/mol. The summed E-state index contributed by atoms with van der Waals surface area (Å²) in [5.41, 5.74) is 0. The lowest BCUT2D eigenvalue weighted by Gasteiger charge is -2.14. The van der Waals surface area contributed by atoms with Gasteiger partial charge < -0.3 is 4.85 Å². The lowest BCUT2D eigenvalue weighted by Crippen LogP contribution is -2.19. The Bertz CT molecular complexity index is 197. The van der Waals surface area contributed by atoms with Crippen molar-refractivity contribution in [3.8, 4) is 6.07 Å². The molecule has 0 aromatic carbocycles. The molecule has 0 aromatic rings. The summed E-state index contributed by atoms with van der Waals surface area (Å²) in [7, 11) is 0. The molecule has 3 atom stereocenters. The molecule has 0 spiro atoms. The number of rotatable bonds is 0. The molecule has 0 aliphatic heterocycles. The van der Waals surface area contributed by atoms with E-state index in [1.54, 1.807) is 0 Å². The van der Waals surface area contributed by atoms with Crippen molar-refractivity contribution in [1.29, 1.82) is 5.26 Å². The van der Waals surface area contributed by atoms with Crippen LogP contribution in [0.15, 0.2) is 0 Å². The summed E-state index contributed by atoms with van der Waals surface area (Å²) in [6.07, 6.45) is 4.22. The molecule has 0 N–H and O–H groups in total. The second kappa shape index (κ2) is 4.12. The SMILES string of the molecule is [C-]#[N+]C1CCCCC(C#N)C1C. The summed E-state index contributed by atoms with van der Waals surface area (Å²) in [5, 5.41) is 8.85. The summed E-state index contributed by atoms with van der Waals surface area (Å²) in [6.45, 7) is 9.05. The van der Waals surface area contributed by atoms with Crippen molar-refractivity contribution >= 4 is 0 Å². The van der Waals surface area contributed by atoms with E-state index in [0.717, 1.165) is 25.7 Å². The molecule has 3 unspecified atom stereocenters. The molecule has 0 saturated heterocycles. The third-order valence-electron chi connectivity index (χ3n) is 2.84. The maximum Gasteiger partial charge on any atom is 0.227 e. The van der Waals surface area contributed by atoms with Crippen molar-refractivity contribution in [2.24, 2.45) is 11.8 Å². The van der Waals surface area contributed by atoms with Crippen LogP contribution in [0.5, 0.6) is 0 Å². The molecule has 64 valence electrons. The Balaban J connectivity index is 2.68. The molecule has 1 aliphatic carbocycles. The summed E-state index contributed by atoms with van der Waals surface area (Å²) < 4.78 is 0. The van der Waals surface area contributed by atoms with Crippen LogP contribution in [0, 0.1) is 29.7 Å². The van der Waals surface area contributed by atoms with Gasteiger partial charge in [-0.15, -0.1) is 0 Å². The van der Waals surface area contributed by atoms with Crippen LogP contribution >= 0.6 is 0 Å². The minimum Gasteiger partial charge on any atom is -0.313 e. The third-order valence-corrected chi connectivity index (χ3v) is 2.84. The lowest BCUT2D eigenvalue weighted by molar-refractivity contribution is 0.397. The van der Waals surface area contributed by atoms with E-state index in [1.165, 1.54) is 0 Å². The largest absolute Gasteiger partial charge is 0.313 e. The molecular formula is C10H14N2. The van der Waals surface area contributed by atoms with Crippen LogP contribution in [0.25, 0.3) is 4.85 Å².